The van der Waals surface area contributed by atoms with Gasteiger partial charge in [0.05, 0.1) is 0 Å². The molecular weight excluding hydrogens is 336 g/mol. The van der Waals surface area contributed by atoms with E-state index in [9.17, 15) is 0 Å². The van der Waals surface area contributed by atoms with Crippen molar-refractivity contribution in [1.82, 2.24) is 0 Å². The van der Waals surface area contributed by atoms with E-state index < -0.39 is 0 Å². The summed E-state index contributed by atoms with van der Waals surface area (Å²) in [4.78, 5) is 0. The highest BCUT2D eigenvalue weighted by molar-refractivity contribution is 6.05. The average Bonchev–Trinajstić information content (AvgIpc) is 2.64. The van der Waals surface area contributed by atoms with Gasteiger partial charge in [-0.3, -0.25) is 0 Å². The molecule has 0 aliphatic heterocycles. The van der Waals surface area contributed by atoms with Crippen molar-refractivity contribution in [1.29, 1.82) is 0 Å². The van der Waals surface area contributed by atoms with Gasteiger partial charge in [-0.15, -0.1) is 0 Å². The van der Waals surface area contributed by atoms with E-state index in [1.807, 2.05) is 12.2 Å². The van der Waals surface area contributed by atoms with Crippen LogP contribution in [0.3, 0.4) is 0 Å². The predicted octanol–water partition coefficient (Wildman–Crippen LogP) is 8.39. The van der Waals surface area contributed by atoms with E-state index in [4.69, 9.17) is 0 Å². The van der Waals surface area contributed by atoms with Crippen molar-refractivity contribution in [3.8, 4) is 11.1 Å². The fourth-order valence-electron chi connectivity index (χ4n) is 4.16. The molecule has 0 amide bonds. The van der Waals surface area contributed by atoms with Gasteiger partial charge >= 0.3 is 0 Å². The summed E-state index contributed by atoms with van der Waals surface area (Å²) < 4.78 is 0. The molecule has 0 atom stereocenters. The largest absolute Gasteiger partial charge is 0.0984 e. The Bertz CT molecular complexity index is 1030. The van der Waals surface area contributed by atoms with Gasteiger partial charge in [0.2, 0.25) is 0 Å². The standard InChI is InChI=1S/C28H32/c1-9-21-22(10-2)26(28(6,7)8)24-14-12-11-13-23(24)25(21)19-15-17-20(18-16-19)27(3,4)5/h9-18H,1-2H2,3-8H3. The molecule has 0 heteroatoms. The third-order valence-electron chi connectivity index (χ3n) is 5.49. The summed E-state index contributed by atoms with van der Waals surface area (Å²) in [6, 6.07) is 17.7. The first-order chi connectivity index (χ1) is 13.1. The summed E-state index contributed by atoms with van der Waals surface area (Å²) >= 11 is 0. The highest BCUT2D eigenvalue weighted by atomic mass is 14.3. The molecule has 0 nitrogen and oxygen atoms in total. The Morgan fingerprint density at radius 2 is 1.18 bits per heavy atom. The minimum Gasteiger partial charge on any atom is -0.0984 e. The van der Waals surface area contributed by atoms with E-state index in [-0.39, 0.29) is 10.8 Å². The lowest BCUT2D eigenvalue weighted by Gasteiger charge is -2.28. The van der Waals surface area contributed by atoms with Crippen LogP contribution in [0.4, 0.5) is 0 Å². The molecule has 0 N–H and O–H groups in total. The third kappa shape index (κ3) is 3.44. The Balaban J connectivity index is 2.44. The number of hydrogen-bond donors (Lipinski definition) is 0. The summed E-state index contributed by atoms with van der Waals surface area (Å²) in [7, 11) is 0. The van der Waals surface area contributed by atoms with Crippen molar-refractivity contribution < 1.29 is 0 Å². The molecule has 28 heavy (non-hydrogen) atoms. The normalized spacial score (nSPS) is 12.2. The Morgan fingerprint density at radius 3 is 1.64 bits per heavy atom. The van der Waals surface area contributed by atoms with Gasteiger partial charge in [-0.25, -0.2) is 0 Å². The van der Waals surface area contributed by atoms with Crippen molar-refractivity contribution in [2.45, 2.75) is 52.4 Å². The molecule has 0 aliphatic carbocycles. The Hall–Kier alpha value is -2.60. The summed E-state index contributed by atoms with van der Waals surface area (Å²) in [6.07, 6.45) is 3.99. The molecule has 3 aromatic carbocycles. The molecule has 144 valence electrons. The minimum absolute atomic E-state index is 0.00943. The topological polar surface area (TPSA) is 0 Å². The molecule has 0 unspecified atom stereocenters. The van der Waals surface area contributed by atoms with Crippen molar-refractivity contribution in [2.24, 2.45) is 0 Å². The smallest absolute Gasteiger partial charge is 0.00268 e. The van der Waals surface area contributed by atoms with Gasteiger partial charge in [0.25, 0.3) is 0 Å². The maximum absolute atomic E-state index is 4.16. The second-order valence-corrected chi connectivity index (χ2v) is 9.61. The molecule has 0 radical (unpaired) electrons. The first-order valence-electron chi connectivity index (χ1n) is 10.0. The first kappa shape index (κ1) is 20.1. The lowest BCUT2D eigenvalue weighted by Crippen LogP contribution is -2.15. The van der Waals surface area contributed by atoms with Crippen LogP contribution >= 0.6 is 0 Å². The molecule has 0 heterocycles. The zero-order valence-corrected chi connectivity index (χ0v) is 18.2. The molecule has 0 spiro atoms. The maximum atomic E-state index is 4.16. The van der Waals surface area contributed by atoms with Gasteiger partial charge in [-0.05, 0) is 55.0 Å². The molecule has 0 bridgehead atoms. The molecule has 0 aromatic heterocycles. The van der Waals surface area contributed by atoms with Crippen LogP contribution in [0, 0.1) is 0 Å². The third-order valence-corrected chi connectivity index (χ3v) is 5.49. The Labute approximate surface area is 170 Å². The van der Waals surface area contributed by atoms with Crippen molar-refractivity contribution in [3.63, 3.8) is 0 Å². The maximum Gasteiger partial charge on any atom is -0.00268 e. The van der Waals surface area contributed by atoms with E-state index in [2.05, 4.69) is 103 Å². The van der Waals surface area contributed by atoms with E-state index in [0.717, 1.165) is 0 Å². The molecule has 0 aliphatic rings. The number of hydrogen-bond acceptors (Lipinski definition) is 0. The van der Waals surface area contributed by atoms with Crippen LogP contribution in [-0.2, 0) is 10.8 Å². The predicted molar refractivity (Wildman–Crippen MR) is 127 cm³/mol. The molecule has 0 saturated carbocycles. The van der Waals surface area contributed by atoms with Crippen LogP contribution in [0.1, 0.15) is 63.8 Å². The summed E-state index contributed by atoms with van der Waals surface area (Å²) in [5.74, 6) is 0. The average molecular weight is 369 g/mol. The zero-order valence-electron chi connectivity index (χ0n) is 18.2. The summed E-state index contributed by atoms with van der Waals surface area (Å²) in [5.41, 5.74) is 7.66. The minimum atomic E-state index is 0.00943. The number of fused-ring (bicyclic) bond motifs is 1. The van der Waals surface area contributed by atoms with E-state index in [0.29, 0.717) is 0 Å². The van der Waals surface area contributed by atoms with Crippen LogP contribution in [-0.4, -0.2) is 0 Å². The van der Waals surface area contributed by atoms with Gasteiger partial charge < -0.3 is 0 Å². The molecule has 3 aromatic rings. The lowest BCUT2D eigenvalue weighted by molar-refractivity contribution is 0.590. The van der Waals surface area contributed by atoms with Crippen molar-refractivity contribution >= 4 is 22.9 Å². The monoisotopic (exact) mass is 368 g/mol. The van der Waals surface area contributed by atoms with Gasteiger partial charge in [0, 0.05) is 0 Å². The highest BCUT2D eigenvalue weighted by Crippen LogP contribution is 2.43. The van der Waals surface area contributed by atoms with E-state index >= 15 is 0 Å². The van der Waals surface area contributed by atoms with Crippen LogP contribution in [0.15, 0.2) is 61.7 Å². The summed E-state index contributed by atoms with van der Waals surface area (Å²) in [5, 5.41) is 2.57. The van der Waals surface area contributed by atoms with Gasteiger partial charge in [-0.2, -0.15) is 0 Å². The zero-order chi connectivity index (χ0) is 20.7. The highest BCUT2D eigenvalue weighted by Gasteiger charge is 2.25. The first-order valence-corrected chi connectivity index (χ1v) is 10.0. The second-order valence-electron chi connectivity index (χ2n) is 9.61. The Morgan fingerprint density at radius 1 is 0.643 bits per heavy atom. The van der Waals surface area contributed by atoms with Gasteiger partial charge in [0.1, 0.15) is 0 Å². The van der Waals surface area contributed by atoms with E-state index in [1.165, 1.54) is 44.2 Å². The lowest BCUT2D eigenvalue weighted by atomic mass is 9.76. The van der Waals surface area contributed by atoms with Crippen LogP contribution < -0.4 is 0 Å². The molecule has 3 rings (SSSR count). The number of rotatable bonds is 3. The second kappa shape index (κ2) is 7.09. The fourth-order valence-corrected chi connectivity index (χ4v) is 4.16. The van der Waals surface area contributed by atoms with Gasteiger partial charge in [0.15, 0.2) is 0 Å². The van der Waals surface area contributed by atoms with Crippen molar-refractivity contribution in [3.05, 3.63) is 83.9 Å². The van der Waals surface area contributed by atoms with Crippen LogP contribution in [0.2, 0.25) is 0 Å². The molecule has 0 saturated heterocycles. The van der Waals surface area contributed by atoms with Crippen LogP contribution in [0.5, 0.6) is 0 Å². The van der Waals surface area contributed by atoms with E-state index in [1.54, 1.807) is 0 Å². The molecular formula is C28H32. The number of benzene rings is 3. The SMILES string of the molecule is C=Cc1c(C=C)c(C(C)(C)C)c2ccccc2c1-c1ccc(C(C)(C)C)cc1. The quantitative estimate of drug-likeness (QED) is 0.435. The van der Waals surface area contributed by atoms with Gasteiger partial charge in [-0.1, -0.05) is 115 Å². The van der Waals surface area contributed by atoms with Crippen molar-refractivity contribution in [2.75, 3.05) is 0 Å². The summed E-state index contributed by atoms with van der Waals surface area (Å²) in [6.45, 7) is 21.9. The Kier molecular flexibility index (Phi) is 5.10. The van der Waals surface area contributed by atoms with Crippen LogP contribution in [0.25, 0.3) is 34.1 Å². The molecule has 0 fully saturated rings. The fraction of sp³-hybridized carbons (Fsp3) is 0.286.